The first-order valence-electron chi connectivity index (χ1n) is 46.4. The summed E-state index contributed by atoms with van der Waals surface area (Å²) < 4.78 is 85.6. The van der Waals surface area contributed by atoms with Crippen LogP contribution in [-0.4, -0.2) is 0 Å². The topological polar surface area (TPSA) is 19.4 Å². The fourth-order valence-corrected chi connectivity index (χ4v) is 20.0. The van der Waals surface area contributed by atoms with Crippen LogP contribution in [0.1, 0.15) is 50.7 Å². The molecule has 0 atom stereocenters. The first kappa shape index (κ1) is 86.2. The van der Waals surface area contributed by atoms with E-state index in [2.05, 4.69) is 275 Å². The quantitative estimate of drug-likeness (QED) is 0.0556. The summed E-state index contributed by atoms with van der Waals surface area (Å²) in [4.78, 5) is 13.0. The van der Waals surface area contributed by atoms with Crippen molar-refractivity contribution < 1.29 is 26.3 Å². The van der Waals surface area contributed by atoms with Gasteiger partial charge in [-0.15, -0.1) is 0 Å². The molecule has 24 rings (SSSR count). The highest BCUT2D eigenvalue weighted by atomic mass is 19.1. The third kappa shape index (κ3) is 16.2. The van der Waals surface area contributed by atoms with E-state index in [1.807, 2.05) is 158 Å². The predicted molar refractivity (Wildman–Crippen MR) is 566 cm³/mol. The molecule has 666 valence electrons. The van der Waals surface area contributed by atoms with Crippen molar-refractivity contribution in [1.82, 2.24) is 0 Å². The van der Waals surface area contributed by atoms with Crippen molar-refractivity contribution in [1.29, 1.82) is 0 Å². The molecule has 0 unspecified atom stereocenters. The van der Waals surface area contributed by atoms with Crippen LogP contribution in [0.5, 0.6) is 0 Å². The molecule has 6 nitrogen and oxygen atoms in total. The van der Waals surface area contributed by atoms with Crippen LogP contribution < -0.4 is 29.4 Å². The summed E-state index contributed by atoms with van der Waals surface area (Å²) in [5.74, 6) is -0.826. The number of anilines is 18. The largest absolute Gasteiger partial charge is 0.310 e. The molecule has 0 N–H and O–H groups in total. The van der Waals surface area contributed by atoms with Gasteiger partial charge < -0.3 is 29.4 Å². The zero-order valence-electron chi connectivity index (χ0n) is 76.0. The van der Waals surface area contributed by atoms with Gasteiger partial charge >= 0.3 is 0 Å². The molecule has 0 aliphatic rings. The van der Waals surface area contributed by atoms with Gasteiger partial charge in [-0.05, 0) is 330 Å². The summed E-state index contributed by atoms with van der Waals surface area (Å²) >= 11 is 0. The van der Waals surface area contributed by atoms with E-state index in [1.54, 1.807) is 24.3 Å². The molecule has 0 radical (unpaired) electrons. The van der Waals surface area contributed by atoms with Crippen molar-refractivity contribution in [2.24, 2.45) is 0 Å². The van der Waals surface area contributed by atoms with Gasteiger partial charge in [-0.3, -0.25) is 0 Å². The number of hydrogen-bond donors (Lipinski definition) is 0. The normalized spacial score (nSPS) is 11.5. The minimum absolute atomic E-state index is 0.267. The maximum atomic E-state index is 14.6. The van der Waals surface area contributed by atoms with E-state index in [9.17, 15) is 26.3 Å². The van der Waals surface area contributed by atoms with Gasteiger partial charge in [0.15, 0.2) is 0 Å². The number of rotatable bonds is 20. The summed E-state index contributed by atoms with van der Waals surface area (Å²) in [5.41, 5.74) is 19.4. The Bertz CT molecular complexity index is 8010. The Kier molecular flexibility index (Phi) is 22.9. The lowest BCUT2D eigenvalue weighted by atomic mass is 9.91. The standard InChI is InChI=1S/C46H38F2N2.2C40H26F2N2/c1-29(2)31-5-17-37(18-6-31)49(39-21-13-35(47)14-22-39)43-27-11-33-10-26-42-44(28-12-34-9-25-41(43)45(33)46(34)42)50(40-23-15-36(48)16-24-40)38-19-7-32(8-20-38)30(3)4;41-29-9-7-15-33(25-29)43(31-11-3-1-4-12-31)37-23-19-27-18-22-36-38(24-20-28-17-21-35(37)39(27)40(28)36)44(32-13-5-2-6-14-32)34-16-8-10-30(42)26-34;41-29-15-19-33(20-16-29)43(31-7-3-1-4-8-31)37-25-13-27-12-24-36-38(26-14-28-11-23-35(37)39(27)40(28)36)44(32-9-5-2-6-10-32)34-21-17-30(42)18-22-34/h5-30H,1-4H3;2*1-26H. The van der Waals surface area contributed by atoms with Crippen LogP contribution in [0.2, 0.25) is 0 Å². The summed E-state index contributed by atoms with van der Waals surface area (Å²) in [6, 6.07) is 150. The lowest BCUT2D eigenvalue weighted by molar-refractivity contribution is 0.627. The number of halogens is 6. The fourth-order valence-electron chi connectivity index (χ4n) is 20.0. The van der Waals surface area contributed by atoms with Crippen molar-refractivity contribution in [3.8, 4) is 0 Å². The first-order chi connectivity index (χ1) is 67.6. The van der Waals surface area contributed by atoms with Gasteiger partial charge in [0.1, 0.15) is 34.9 Å². The molecule has 0 aromatic heterocycles. The molecule has 0 saturated carbocycles. The van der Waals surface area contributed by atoms with Crippen LogP contribution >= 0.6 is 0 Å². The van der Waals surface area contributed by atoms with E-state index >= 15 is 0 Å². The van der Waals surface area contributed by atoms with Crippen LogP contribution in [0.3, 0.4) is 0 Å². The Labute approximate surface area is 796 Å². The third-order valence-electron chi connectivity index (χ3n) is 26.5. The maximum absolute atomic E-state index is 14.6. The predicted octanol–water partition coefficient (Wildman–Crippen LogP) is 37.7. The van der Waals surface area contributed by atoms with Gasteiger partial charge in [0.25, 0.3) is 0 Å². The van der Waals surface area contributed by atoms with Crippen molar-refractivity contribution in [2.45, 2.75) is 39.5 Å². The fraction of sp³-hybridized carbons (Fsp3) is 0.0476. The highest BCUT2D eigenvalue weighted by Gasteiger charge is 2.28. The monoisotopic (exact) mass is 1800 g/mol. The Morgan fingerprint density at radius 3 is 0.500 bits per heavy atom. The van der Waals surface area contributed by atoms with E-state index in [0.717, 1.165) is 189 Å². The molecule has 138 heavy (non-hydrogen) atoms. The Balaban J connectivity index is 0.000000120. The Morgan fingerprint density at radius 2 is 0.312 bits per heavy atom. The van der Waals surface area contributed by atoms with Gasteiger partial charge in [-0.2, -0.15) is 0 Å². The highest BCUT2D eigenvalue weighted by Crippen LogP contribution is 2.54. The second-order valence-electron chi connectivity index (χ2n) is 35.5. The third-order valence-corrected chi connectivity index (χ3v) is 26.5. The number of nitrogens with zero attached hydrogens (tertiary/aromatic N) is 6. The molecule has 0 amide bonds. The van der Waals surface area contributed by atoms with Gasteiger partial charge in [0, 0.05) is 101 Å². The number of para-hydroxylation sites is 4. The average molecular weight is 1800 g/mol. The van der Waals surface area contributed by atoms with E-state index in [1.165, 1.54) is 82.6 Å². The van der Waals surface area contributed by atoms with Crippen molar-refractivity contribution in [3.05, 3.63) is 507 Å². The van der Waals surface area contributed by atoms with Crippen molar-refractivity contribution in [3.63, 3.8) is 0 Å². The Morgan fingerprint density at radius 1 is 0.145 bits per heavy atom. The number of hydrogen-bond acceptors (Lipinski definition) is 6. The molecular weight excluding hydrogens is 1710 g/mol. The zero-order chi connectivity index (χ0) is 93.8. The lowest BCUT2D eigenvalue weighted by Gasteiger charge is -2.29. The first-order valence-corrected chi connectivity index (χ1v) is 46.4. The zero-order valence-corrected chi connectivity index (χ0v) is 76.0. The maximum Gasteiger partial charge on any atom is 0.125 e. The molecule has 0 aliphatic heterocycles. The summed E-state index contributed by atoms with van der Waals surface area (Å²) in [5, 5.41) is 20.2. The van der Waals surface area contributed by atoms with Crippen LogP contribution in [0.15, 0.2) is 461 Å². The van der Waals surface area contributed by atoms with Gasteiger partial charge in [-0.25, -0.2) is 26.3 Å². The molecular formula is C126H90F6N6. The molecule has 0 saturated heterocycles. The van der Waals surface area contributed by atoms with Gasteiger partial charge in [-0.1, -0.05) is 246 Å². The second-order valence-corrected chi connectivity index (χ2v) is 35.5. The Hall–Kier alpha value is -17.2. The molecule has 0 aliphatic carbocycles. The van der Waals surface area contributed by atoms with Crippen molar-refractivity contribution in [2.75, 3.05) is 29.4 Å². The van der Waals surface area contributed by atoms with Gasteiger partial charge in [0.05, 0.1) is 34.1 Å². The van der Waals surface area contributed by atoms with Crippen LogP contribution in [-0.2, 0) is 0 Å². The molecule has 0 fully saturated rings. The van der Waals surface area contributed by atoms with Crippen LogP contribution in [0.25, 0.3) is 97.0 Å². The van der Waals surface area contributed by atoms with Crippen molar-refractivity contribution >= 4 is 199 Å². The van der Waals surface area contributed by atoms with Crippen LogP contribution in [0, 0.1) is 34.9 Å². The molecule has 24 aromatic carbocycles. The summed E-state index contributed by atoms with van der Waals surface area (Å²) in [6.07, 6.45) is 0. The lowest BCUT2D eigenvalue weighted by Crippen LogP contribution is -2.11. The van der Waals surface area contributed by atoms with E-state index in [4.69, 9.17) is 0 Å². The minimum Gasteiger partial charge on any atom is -0.310 e. The minimum atomic E-state index is -0.288. The van der Waals surface area contributed by atoms with Crippen LogP contribution in [0.4, 0.5) is 129 Å². The summed E-state index contributed by atoms with van der Waals surface area (Å²) in [6.45, 7) is 8.78. The smallest absolute Gasteiger partial charge is 0.125 e. The van der Waals surface area contributed by atoms with Gasteiger partial charge in [0.2, 0.25) is 0 Å². The molecule has 12 heteroatoms. The average Bonchev–Trinajstić information content (AvgIpc) is 0.726. The molecule has 0 bridgehead atoms. The summed E-state index contributed by atoms with van der Waals surface area (Å²) in [7, 11) is 0. The van der Waals surface area contributed by atoms with E-state index < -0.39 is 0 Å². The SMILES string of the molecule is CC(C)c1ccc(N(c2ccc(F)cc2)c2ccc3ccc4c(N(c5ccc(F)cc5)c5ccc(C(C)C)cc5)ccc5ccc2c3c54)cc1.Fc1ccc(N(c2ccccc2)c2ccc3ccc4c(N(c5ccccc5)c5ccc(F)cc5)ccc5ccc2c3c54)cc1.Fc1cccc(N(c2ccccc2)c2ccc3ccc4c(N(c5ccccc5)c5cccc(F)c5)ccc5ccc2c3c54)c1. The molecule has 24 aromatic rings. The molecule has 0 spiro atoms. The van der Waals surface area contributed by atoms with E-state index in [0.29, 0.717) is 11.8 Å². The molecule has 0 heterocycles. The van der Waals surface area contributed by atoms with E-state index in [-0.39, 0.29) is 34.9 Å². The number of benzene rings is 24. The highest BCUT2D eigenvalue weighted by molar-refractivity contribution is 6.31. The second kappa shape index (κ2) is 36.6.